The number of carbonyl (C=O) groups is 1. The van der Waals surface area contributed by atoms with E-state index in [1.807, 2.05) is 0 Å². The average molecular weight is 325 g/mol. The van der Waals surface area contributed by atoms with Crippen LogP contribution in [0.15, 0.2) is 24.3 Å². The number of nitrogens with one attached hydrogen (secondary N) is 2. The normalized spacial score (nSPS) is 21.8. The van der Waals surface area contributed by atoms with E-state index in [2.05, 4.69) is 62.6 Å². The molecule has 1 aromatic rings. The topological polar surface area (TPSA) is 41.1 Å². The third kappa shape index (κ3) is 5.29. The van der Waals surface area contributed by atoms with Crippen molar-refractivity contribution >= 4 is 18.3 Å². The van der Waals surface area contributed by atoms with Crippen molar-refractivity contribution in [3.63, 3.8) is 0 Å². The molecule has 124 valence electrons. The molecule has 1 saturated heterocycles. The molecule has 22 heavy (non-hydrogen) atoms. The summed E-state index contributed by atoms with van der Waals surface area (Å²) in [5.74, 6) is 0.360. The van der Waals surface area contributed by atoms with Gasteiger partial charge in [-0.25, -0.2) is 0 Å². The van der Waals surface area contributed by atoms with Crippen molar-refractivity contribution in [1.29, 1.82) is 0 Å². The number of amides is 1. The fourth-order valence-corrected chi connectivity index (χ4v) is 2.83. The van der Waals surface area contributed by atoms with E-state index < -0.39 is 0 Å². The number of hydrogen-bond acceptors (Lipinski definition) is 2. The minimum absolute atomic E-state index is 0. The Morgan fingerprint density at radius 1 is 1.27 bits per heavy atom. The van der Waals surface area contributed by atoms with Crippen molar-refractivity contribution < 1.29 is 4.79 Å². The highest BCUT2D eigenvalue weighted by Gasteiger charge is 2.24. The zero-order chi connectivity index (χ0) is 15.5. The second-order valence-corrected chi connectivity index (χ2v) is 7.24. The zero-order valence-corrected chi connectivity index (χ0v) is 14.9. The molecular weight excluding hydrogens is 296 g/mol. The first-order chi connectivity index (χ1) is 9.86. The van der Waals surface area contributed by atoms with Crippen LogP contribution in [0.3, 0.4) is 0 Å². The highest BCUT2D eigenvalue weighted by Crippen LogP contribution is 2.22. The third-order valence-electron chi connectivity index (χ3n) is 4.28. The van der Waals surface area contributed by atoms with E-state index in [0.29, 0.717) is 12.6 Å². The first-order valence-electron chi connectivity index (χ1n) is 7.97. The lowest BCUT2D eigenvalue weighted by Crippen LogP contribution is -2.42. The van der Waals surface area contributed by atoms with Gasteiger partial charge in [0.2, 0.25) is 5.91 Å². The Balaban J connectivity index is 0.00000242. The molecule has 0 saturated carbocycles. The van der Waals surface area contributed by atoms with Crippen LogP contribution in [0.5, 0.6) is 0 Å². The van der Waals surface area contributed by atoms with Crippen LogP contribution in [-0.4, -0.2) is 18.5 Å². The van der Waals surface area contributed by atoms with Crippen LogP contribution >= 0.6 is 12.4 Å². The standard InChI is InChI=1S/C18H28N2O.ClH/c1-13-11-15(9-10-19-13)17(21)20-12-14-5-7-16(8-6-14)18(2,3)4;/h5-8,13,15,19H,9-12H2,1-4H3,(H,20,21);1H/t13-,15-;/m0./s1. The number of piperidine rings is 1. The quantitative estimate of drug-likeness (QED) is 0.894. The summed E-state index contributed by atoms with van der Waals surface area (Å²) >= 11 is 0. The van der Waals surface area contributed by atoms with E-state index >= 15 is 0 Å². The fourth-order valence-electron chi connectivity index (χ4n) is 2.83. The molecule has 0 unspecified atom stereocenters. The largest absolute Gasteiger partial charge is 0.352 e. The molecule has 0 aromatic heterocycles. The molecule has 1 aliphatic heterocycles. The second kappa shape index (κ2) is 7.98. The van der Waals surface area contributed by atoms with Gasteiger partial charge in [0.15, 0.2) is 0 Å². The Kier molecular flexibility index (Phi) is 6.89. The smallest absolute Gasteiger partial charge is 0.223 e. The maximum atomic E-state index is 12.2. The predicted molar refractivity (Wildman–Crippen MR) is 94.4 cm³/mol. The summed E-state index contributed by atoms with van der Waals surface area (Å²) in [7, 11) is 0. The molecular formula is C18H29ClN2O. The van der Waals surface area contributed by atoms with Crippen LogP contribution < -0.4 is 10.6 Å². The third-order valence-corrected chi connectivity index (χ3v) is 4.28. The summed E-state index contributed by atoms with van der Waals surface area (Å²) in [6.45, 7) is 10.3. The molecule has 4 heteroatoms. The van der Waals surface area contributed by atoms with Crippen LogP contribution in [0.2, 0.25) is 0 Å². The first kappa shape index (κ1) is 19.0. The predicted octanol–water partition coefficient (Wildman–Crippen LogP) is 3.41. The number of carbonyl (C=O) groups excluding carboxylic acids is 1. The fraction of sp³-hybridized carbons (Fsp3) is 0.611. The van der Waals surface area contributed by atoms with Gasteiger partial charge in [0.25, 0.3) is 0 Å². The number of rotatable bonds is 3. The Hall–Kier alpha value is -1.06. The molecule has 2 atom stereocenters. The summed E-state index contributed by atoms with van der Waals surface area (Å²) < 4.78 is 0. The monoisotopic (exact) mass is 324 g/mol. The van der Waals surface area contributed by atoms with Gasteiger partial charge >= 0.3 is 0 Å². The van der Waals surface area contributed by atoms with E-state index in [1.165, 1.54) is 11.1 Å². The molecule has 2 N–H and O–H groups in total. The van der Waals surface area contributed by atoms with Gasteiger partial charge in [-0.2, -0.15) is 0 Å². The van der Waals surface area contributed by atoms with Gasteiger partial charge in [0.05, 0.1) is 0 Å². The molecule has 0 radical (unpaired) electrons. The zero-order valence-electron chi connectivity index (χ0n) is 14.1. The van der Waals surface area contributed by atoms with Crippen LogP contribution in [0, 0.1) is 5.92 Å². The summed E-state index contributed by atoms with van der Waals surface area (Å²) in [4.78, 5) is 12.2. The molecule has 0 aliphatic carbocycles. The maximum absolute atomic E-state index is 12.2. The molecule has 2 rings (SSSR count). The summed E-state index contributed by atoms with van der Waals surface area (Å²) in [5.41, 5.74) is 2.66. The first-order valence-corrected chi connectivity index (χ1v) is 7.97. The summed E-state index contributed by atoms with van der Waals surface area (Å²) in [6, 6.07) is 9.00. The van der Waals surface area contributed by atoms with Crippen molar-refractivity contribution in [1.82, 2.24) is 10.6 Å². The van der Waals surface area contributed by atoms with E-state index in [-0.39, 0.29) is 29.6 Å². The highest BCUT2D eigenvalue weighted by atomic mass is 35.5. The Labute approximate surface area is 140 Å². The number of halogens is 1. The second-order valence-electron chi connectivity index (χ2n) is 7.24. The van der Waals surface area contributed by atoms with Gasteiger partial charge in [-0.15, -0.1) is 12.4 Å². The van der Waals surface area contributed by atoms with Crippen LogP contribution in [0.1, 0.15) is 51.7 Å². The average Bonchev–Trinajstić information content (AvgIpc) is 2.44. The van der Waals surface area contributed by atoms with Crippen molar-refractivity contribution in [2.45, 2.75) is 58.5 Å². The number of benzene rings is 1. The lowest BCUT2D eigenvalue weighted by atomic mass is 9.87. The van der Waals surface area contributed by atoms with Crippen LogP contribution in [-0.2, 0) is 16.8 Å². The molecule has 1 heterocycles. The van der Waals surface area contributed by atoms with Crippen molar-refractivity contribution in [2.75, 3.05) is 6.54 Å². The van der Waals surface area contributed by atoms with Gasteiger partial charge in [0, 0.05) is 18.5 Å². The van der Waals surface area contributed by atoms with Gasteiger partial charge < -0.3 is 10.6 Å². The van der Waals surface area contributed by atoms with Crippen molar-refractivity contribution in [3.05, 3.63) is 35.4 Å². The van der Waals surface area contributed by atoms with E-state index in [1.54, 1.807) is 0 Å². The molecule has 3 nitrogen and oxygen atoms in total. The Bertz CT molecular complexity index is 479. The summed E-state index contributed by atoms with van der Waals surface area (Å²) in [6.07, 6.45) is 1.88. The van der Waals surface area contributed by atoms with Gasteiger partial charge in [-0.3, -0.25) is 4.79 Å². The maximum Gasteiger partial charge on any atom is 0.223 e. The van der Waals surface area contributed by atoms with Crippen LogP contribution in [0.4, 0.5) is 0 Å². The van der Waals surface area contributed by atoms with Gasteiger partial charge in [0.1, 0.15) is 0 Å². The van der Waals surface area contributed by atoms with Gasteiger partial charge in [-0.1, -0.05) is 45.0 Å². The molecule has 1 aliphatic rings. The lowest BCUT2D eigenvalue weighted by Gasteiger charge is -2.27. The Morgan fingerprint density at radius 2 is 1.91 bits per heavy atom. The number of hydrogen-bond donors (Lipinski definition) is 2. The SMILES string of the molecule is C[C@H]1C[C@@H](C(=O)NCc2ccc(C(C)(C)C)cc2)CCN1.Cl. The molecule has 1 amide bonds. The van der Waals surface area contributed by atoms with Crippen molar-refractivity contribution in [3.8, 4) is 0 Å². The molecule has 0 spiro atoms. The lowest BCUT2D eigenvalue weighted by molar-refractivity contribution is -0.126. The molecule has 1 aromatic carbocycles. The van der Waals surface area contributed by atoms with Gasteiger partial charge in [-0.05, 0) is 42.9 Å². The minimum Gasteiger partial charge on any atom is -0.352 e. The molecule has 0 bridgehead atoms. The Morgan fingerprint density at radius 3 is 2.45 bits per heavy atom. The van der Waals surface area contributed by atoms with E-state index in [0.717, 1.165) is 19.4 Å². The minimum atomic E-state index is 0. The van der Waals surface area contributed by atoms with Crippen LogP contribution in [0.25, 0.3) is 0 Å². The highest BCUT2D eigenvalue weighted by molar-refractivity contribution is 5.85. The van der Waals surface area contributed by atoms with Crippen molar-refractivity contribution in [2.24, 2.45) is 5.92 Å². The van der Waals surface area contributed by atoms with E-state index in [9.17, 15) is 4.79 Å². The molecule has 1 fully saturated rings. The van der Waals surface area contributed by atoms with E-state index in [4.69, 9.17) is 0 Å². The summed E-state index contributed by atoms with van der Waals surface area (Å²) in [5, 5.41) is 6.46.